The molecule has 1 N–H and O–H groups in total. The number of nitrogens with zero attached hydrogens (tertiary/aromatic N) is 1. The molecule has 2 atom stereocenters. The zero-order valence-electron chi connectivity index (χ0n) is 15.4. The first-order chi connectivity index (χ1) is 12.1. The molecule has 2 saturated heterocycles. The fourth-order valence-corrected chi connectivity index (χ4v) is 3.43. The monoisotopic (exact) mass is 346 g/mol. The van der Waals surface area contributed by atoms with Gasteiger partial charge in [-0.05, 0) is 56.0 Å². The van der Waals surface area contributed by atoms with Gasteiger partial charge >= 0.3 is 0 Å². The molecule has 0 unspecified atom stereocenters. The highest BCUT2D eigenvalue weighted by molar-refractivity contribution is 5.94. The summed E-state index contributed by atoms with van der Waals surface area (Å²) in [4.78, 5) is 14.8. The van der Waals surface area contributed by atoms with Crippen molar-refractivity contribution in [2.75, 3.05) is 32.8 Å². The van der Waals surface area contributed by atoms with E-state index in [0.29, 0.717) is 30.7 Å². The molecule has 1 aromatic carbocycles. The number of fused-ring (bicyclic) bond motifs is 1. The molecule has 1 amide bonds. The maximum atomic E-state index is 12.3. The Morgan fingerprint density at radius 2 is 2.16 bits per heavy atom. The lowest BCUT2D eigenvalue weighted by molar-refractivity contribution is -0.0461. The van der Waals surface area contributed by atoms with Crippen LogP contribution < -0.4 is 10.1 Å². The minimum absolute atomic E-state index is 0.0547. The van der Waals surface area contributed by atoms with Gasteiger partial charge in [0.05, 0.1) is 19.3 Å². The van der Waals surface area contributed by atoms with Crippen LogP contribution in [0, 0.1) is 5.92 Å². The molecule has 0 aliphatic carbocycles. The number of morpholine rings is 1. The van der Waals surface area contributed by atoms with Crippen LogP contribution in [0.1, 0.15) is 43.5 Å². The van der Waals surface area contributed by atoms with Gasteiger partial charge in [0, 0.05) is 24.7 Å². The molecule has 2 heterocycles. The van der Waals surface area contributed by atoms with Crippen LogP contribution in [0.25, 0.3) is 0 Å². The second-order valence-corrected chi connectivity index (χ2v) is 7.51. The molecular weight excluding hydrogens is 316 g/mol. The third-order valence-corrected chi connectivity index (χ3v) is 5.03. The number of ether oxygens (including phenoxy) is 2. The third kappa shape index (κ3) is 5.19. The van der Waals surface area contributed by atoms with Crippen LogP contribution in [-0.4, -0.2) is 55.8 Å². The number of amides is 1. The van der Waals surface area contributed by atoms with Crippen LogP contribution in [0.2, 0.25) is 0 Å². The van der Waals surface area contributed by atoms with Crippen molar-refractivity contribution in [3.63, 3.8) is 0 Å². The summed E-state index contributed by atoms with van der Waals surface area (Å²) in [5, 5.41) is 2.99. The third-order valence-electron chi connectivity index (χ3n) is 5.03. The molecule has 0 aromatic heterocycles. The summed E-state index contributed by atoms with van der Waals surface area (Å²) in [6, 6.07) is 7.95. The van der Waals surface area contributed by atoms with E-state index in [9.17, 15) is 4.79 Å². The van der Waals surface area contributed by atoms with E-state index < -0.39 is 0 Å². The quantitative estimate of drug-likeness (QED) is 0.825. The first kappa shape index (κ1) is 18.2. The fourth-order valence-electron chi connectivity index (χ4n) is 3.43. The van der Waals surface area contributed by atoms with Crippen molar-refractivity contribution in [3.8, 4) is 5.75 Å². The molecule has 0 bridgehead atoms. The van der Waals surface area contributed by atoms with Gasteiger partial charge in [0.1, 0.15) is 5.75 Å². The van der Waals surface area contributed by atoms with E-state index in [-0.39, 0.29) is 12.0 Å². The predicted molar refractivity (Wildman–Crippen MR) is 98.1 cm³/mol. The summed E-state index contributed by atoms with van der Waals surface area (Å²) >= 11 is 0. The Morgan fingerprint density at radius 3 is 2.92 bits per heavy atom. The summed E-state index contributed by atoms with van der Waals surface area (Å²) in [5.74, 6) is 1.39. The summed E-state index contributed by atoms with van der Waals surface area (Å²) < 4.78 is 11.6. The van der Waals surface area contributed by atoms with E-state index in [1.807, 2.05) is 24.3 Å². The summed E-state index contributed by atoms with van der Waals surface area (Å²) in [5.41, 5.74) is 0.658. The lowest BCUT2D eigenvalue weighted by Gasteiger charge is -2.35. The molecular formula is C20H30N2O3. The summed E-state index contributed by atoms with van der Waals surface area (Å²) in [6.07, 6.45) is 3.63. The zero-order chi connectivity index (χ0) is 17.6. The fraction of sp³-hybridized carbons (Fsp3) is 0.650. The molecule has 0 radical (unpaired) electrons. The Kier molecular flexibility index (Phi) is 6.32. The van der Waals surface area contributed by atoms with Crippen LogP contribution in [0.4, 0.5) is 0 Å². The number of hydrogen-bond acceptors (Lipinski definition) is 4. The predicted octanol–water partition coefficient (Wildman–Crippen LogP) is 2.70. The molecule has 5 heteroatoms. The molecule has 2 aliphatic heterocycles. The highest BCUT2D eigenvalue weighted by Gasteiger charge is 2.32. The van der Waals surface area contributed by atoms with E-state index >= 15 is 0 Å². The van der Waals surface area contributed by atoms with Crippen molar-refractivity contribution in [1.29, 1.82) is 0 Å². The Hall–Kier alpha value is -1.59. The zero-order valence-corrected chi connectivity index (χ0v) is 15.4. The van der Waals surface area contributed by atoms with Crippen LogP contribution >= 0.6 is 0 Å². The number of carbonyl (C=O) groups is 1. The molecule has 2 fully saturated rings. The van der Waals surface area contributed by atoms with Gasteiger partial charge in [-0.3, -0.25) is 9.69 Å². The minimum atomic E-state index is -0.0547. The summed E-state index contributed by atoms with van der Waals surface area (Å²) in [6.45, 7) is 8.51. The van der Waals surface area contributed by atoms with Crippen LogP contribution in [0.15, 0.2) is 24.3 Å². The van der Waals surface area contributed by atoms with Crippen molar-refractivity contribution < 1.29 is 14.3 Å². The Morgan fingerprint density at radius 1 is 1.36 bits per heavy atom. The summed E-state index contributed by atoms with van der Waals surface area (Å²) in [7, 11) is 0. The van der Waals surface area contributed by atoms with Gasteiger partial charge in [0.2, 0.25) is 0 Å². The van der Waals surface area contributed by atoms with Crippen molar-refractivity contribution in [2.24, 2.45) is 5.92 Å². The molecule has 0 spiro atoms. The number of hydrogen-bond donors (Lipinski definition) is 1. The van der Waals surface area contributed by atoms with E-state index in [0.717, 1.165) is 31.9 Å². The normalized spacial score (nSPS) is 23.5. The maximum Gasteiger partial charge on any atom is 0.251 e. The van der Waals surface area contributed by atoms with Crippen molar-refractivity contribution in [1.82, 2.24) is 10.2 Å². The van der Waals surface area contributed by atoms with Crippen LogP contribution in [0.3, 0.4) is 0 Å². The van der Waals surface area contributed by atoms with E-state index in [4.69, 9.17) is 9.47 Å². The van der Waals surface area contributed by atoms with Crippen molar-refractivity contribution >= 4 is 5.91 Å². The van der Waals surface area contributed by atoms with E-state index in [2.05, 4.69) is 24.1 Å². The van der Waals surface area contributed by atoms with E-state index in [1.54, 1.807) is 0 Å². The molecule has 2 aliphatic rings. The Bertz CT molecular complexity index is 559. The van der Waals surface area contributed by atoms with Gasteiger partial charge in [-0.15, -0.1) is 0 Å². The topological polar surface area (TPSA) is 50.8 Å². The Balaban J connectivity index is 1.42. The molecule has 25 heavy (non-hydrogen) atoms. The molecule has 1 aromatic rings. The van der Waals surface area contributed by atoms with Gasteiger partial charge in [0.15, 0.2) is 0 Å². The van der Waals surface area contributed by atoms with Crippen molar-refractivity contribution in [3.05, 3.63) is 29.8 Å². The maximum absolute atomic E-state index is 12.3. The largest absolute Gasteiger partial charge is 0.494 e. The van der Waals surface area contributed by atoms with E-state index in [1.165, 1.54) is 12.8 Å². The van der Waals surface area contributed by atoms with Gasteiger partial charge in [-0.25, -0.2) is 0 Å². The van der Waals surface area contributed by atoms with Crippen LogP contribution in [-0.2, 0) is 4.74 Å². The number of carbonyl (C=O) groups excluding carboxylic acids is 1. The average Bonchev–Trinajstić information content (AvgIpc) is 3.07. The highest BCUT2D eigenvalue weighted by atomic mass is 16.5. The first-order valence-corrected chi connectivity index (χ1v) is 9.48. The lowest BCUT2D eigenvalue weighted by atomic mass is 10.1. The second kappa shape index (κ2) is 8.68. The standard InChI is InChI=1S/C20H30N2O3/c1-15(2)9-11-24-18-7-5-16(6-8-18)20(23)21-12-19-13-22-10-3-4-17(22)14-25-19/h5-8,15,17,19H,3-4,9-14H2,1-2H3,(H,21,23)/t17-,19+/m0/s1. The Labute approximate surface area is 150 Å². The molecule has 3 rings (SSSR count). The minimum Gasteiger partial charge on any atom is -0.494 e. The average molecular weight is 346 g/mol. The van der Waals surface area contributed by atoms with Gasteiger partial charge in [-0.2, -0.15) is 0 Å². The number of rotatable bonds is 7. The van der Waals surface area contributed by atoms with Gasteiger partial charge < -0.3 is 14.8 Å². The highest BCUT2D eigenvalue weighted by Crippen LogP contribution is 2.22. The molecule has 5 nitrogen and oxygen atoms in total. The van der Waals surface area contributed by atoms with Gasteiger partial charge in [0.25, 0.3) is 5.91 Å². The van der Waals surface area contributed by atoms with Gasteiger partial charge in [-0.1, -0.05) is 13.8 Å². The number of benzene rings is 1. The van der Waals surface area contributed by atoms with Crippen molar-refractivity contribution in [2.45, 2.75) is 45.3 Å². The SMILES string of the molecule is CC(C)CCOc1ccc(C(=O)NC[C@@H]2CN3CCC[C@H]3CO2)cc1. The second-order valence-electron chi connectivity index (χ2n) is 7.51. The molecule has 138 valence electrons. The van der Waals surface area contributed by atoms with Crippen LogP contribution in [0.5, 0.6) is 5.75 Å². The smallest absolute Gasteiger partial charge is 0.251 e. The lowest BCUT2D eigenvalue weighted by Crippen LogP contribution is -2.50. The first-order valence-electron chi connectivity index (χ1n) is 9.48. The molecule has 0 saturated carbocycles. The number of nitrogens with one attached hydrogen (secondary N) is 1.